The smallest absolute Gasteiger partial charge is 0.253 e. The number of amides is 1. The third-order valence-electron chi connectivity index (χ3n) is 4.73. The summed E-state index contributed by atoms with van der Waals surface area (Å²) in [4.78, 5) is 23.3. The second-order valence-corrected chi connectivity index (χ2v) is 6.48. The predicted molar refractivity (Wildman–Crippen MR) is 96.0 cm³/mol. The minimum Gasteiger partial charge on any atom is -0.337 e. The maximum atomic E-state index is 13.1. The van der Waals surface area contributed by atoms with Crippen molar-refractivity contribution >= 4 is 5.91 Å². The van der Waals surface area contributed by atoms with Gasteiger partial charge in [0.05, 0.1) is 18.1 Å². The van der Waals surface area contributed by atoms with Gasteiger partial charge in [0.2, 0.25) is 0 Å². The van der Waals surface area contributed by atoms with Crippen LogP contribution in [0, 0.1) is 5.82 Å². The molecule has 0 aliphatic carbocycles. The minimum absolute atomic E-state index is 0.0558. The van der Waals surface area contributed by atoms with Crippen molar-refractivity contribution in [2.45, 2.75) is 18.9 Å². The van der Waals surface area contributed by atoms with Gasteiger partial charge in [0.25, 0.3) is 5.91 Å². The van der Waals surface area contributed by atoms with E-state index in [4.69, 9.17) is 0 Å². The normalized spacial score (nSPS) is 17.3. The minimum atomic E-state index is -0.335. The first-order valence-corrected chi connectivity index (χ1v) is 8.70. The zero-order chi connectivity index (χ0) is 17.9. The van der Waals surface area contributed by atoms with E-state index in [0.717, 1.165) is 24.2 Å². The standard InChI is InChI=1S/C20H19FN4O/c21-16-8-6-15(7-9-16)20(26)24-11-3-4-17(12-24)25-13-19(23-14-25)18-5-1-2-10-22-18/h1-2,5-10,13-14,17H,3-4,11-12H2/t17-/m0/s1. The Hall–Kier alpha value is -3.02. The van der Waals surface area contributed by atoms with Crippen molar-refractivity contribution in [2.24, 2.45) is 0 Å². The monoisotopic (exact) mass is 350 g/mol. The van der Waals surface area contributed by atoms with Crippen LogP contribution in [-0.4, -0.2) is 38.4 Å². The topological polar surface area (TPSA) is 51.0 Å². The van der Waals surface area contributed by atoms with E-state index in [2.05, 4.69) is 14.5 Å². The van der Waals surface area contributed by atoms with Gasteiger partial charge in [-0.2, -0.15) is 0 Å². The van der Waals surface area contributed by atoms with Gasteiger partial charge in [-0.3, -0.25) is 9.78 Å². The molecule has 0 radical (unpaired) electrons. The summed E-state index contributed by atoms with van der Waals surface area (Å²) in [5.41, 5.74) is 2.18. The molecule has 1 saturated heterocycles. The Bertz CT molecular complexity index is 892. The zero-order valence-electron chi connectivity index (χ0n) is 14.3. The number of aromatic nitrogens is 3. The first-order valence-electron chi connectivity index (χ1n) is 8.70. The zero-order valence-corrected chi connectivity index (χ0v) is 14.3. The molecule has 1 aliphatic heterocycles. The quantitative estimate of drug-likeness (QED) is 0.726. The Kier molecular flexibility index (Phi) is 4.48. The van der Waals surface area contributed by atoms with Crippen LogP contribution in [0.5, 0.6) is 0 Å². The van der Waals surface area contributed by atoms with Crippen LogP contribution in [0.4, 0.5) is 4.39 Å². The average Bonchev–Trinajstić information content (AvgIpc) is 3.19. The number of benzene rings is 1. The van der Waals surface area contributed by atoms with Gasteiger partial charge in [-0.05, 0) is 49.2 Å². The number of halogens is 1. The van der Waals surface area contributed by atoms with Gasteiger partial charge < -0.3 is 9.47 Å². The van der Waals surface area contributed by atoms with Gasteiger partial charge in [-0.1, -0.05) is 6.07 Å². The van der Waals surface area contributed by atoms with Crippen LogP contribution in [0.2, 0.25) is 0 Å². The molecular formula is C20H19FN4O. The second-order valence-electron chi connectivity index (χ2n) is 6.48. The largest absolute Gasteiger partial charge is 0.337 e. The summed E-state index contributed by atoms with van der Waals surface area (Å²) >= 11 is 0. The summed E-state index contributed by atoms with van der Waals surface area (Å²) in [6.45, 7) is 1.34. The van der Waals surface area contributed by atoms with E-state index in [-0.39, 0.29) is 17.8 Å². The van der Waals surface area contributed by atoms with Crippen molar-refractivity contribution in [1.82, 2.24) is 19.4 Å². The highest BCUT2D eigenvalue weighted by molar-refractivity contribution is 5.94. The molecule has 2 aromatic heterocycles. The summed E-state index contributed by atoms with van der Waals surface area (Å²) in [5.74, 6) is -0.390. The number of hydrogen-bond acceptors (Lipinski definition) is 3. The molecule has 0 N–H and O–H groups in total. The number of piperidine rings is 1. The van der Waals surface area contributed by atoms with Gasteiger partial charge in [0.15, 0.2) is 0 Å². The summed E-state index contributed by atoms with van der Waals surface area (Å²) in [5, 5.41) is 0. The third-order valence-corrected chi connectivity index (χ3v) is 4.73. The van der Waals surface area contributed by atoms with Crippen molar-refractivity contribution in [3.8, 4) is 11.4 Å². The summed E-state index contributed by atoms with van der Waals surface area (Å²) in [6, 6.07) is 11.6. The number of rotatable bonds is 3. The third kappa shape index (κ3) is 3.35. The summed E-state index contributed by atoms with van der Waals surface area (Å²) < 4.78 is 15.1. The van der Waals surface area contributed by atoms with Crippen LogP contribution in [0.1, 0.15) is 29.2 Å². The summed E-state index contributed by atoms with van der Waals surface area (Å²) in [6.07, 6.45) is 7.46. The highest BCUT2D eigenvalue weighted by Crippen LogP contribution is 2.25. The molecule has 1 fully saturated rings. The number of likely N-dealkylation sites (tertiary alicyclic amines) is 1. The molecule has 1 aliphatic rings. The van der Waals surface area contributed by atoms with E-state index < -0.39 is 0 Å². The number of hydrogen-bond donors (Lipinski definition) is 0. The molecule has 132 valence electrons. The lowest BCUT2D eigenvalue weighted by Crippen LogP contribution is -2.40. The second kappa shape index (κ2) is 7.07. The van der Waals surface area contributed by atoms with E-state index in [9.17, 15) is 9.18 Å². The van der Waals surface area contributed by atoms with Crippen molar-refractivity contribution in [3.05, 3.63) is 72.6 Å². The van der Waals surface area contributed by atoms with Gasteiger partial charge >= 0.3 is 0 Å². The Labute approximate surface area is 151 Å². The van der Waals surface area contributed by atoms with Crippen molar-refractivity contribution in [2.75, 3.05) is 13.1 Å². The molecule has 0 unspecified atom stereocenters. The van der Waals surface area contributed by atoms with Crippen LogP contribution in [0.25, 0.3) is 11.4 Å². The lowest BCUT2D eigenvalue weighted by Gasteiger charge is -2.33. The van der Waals surface area contributed by atoms with E-state index in [1.807, 2.05) is 29.3 Å². The molecule has 1 amide bonds. The lowest BCUT2D eigenvalue weighted by atomic mass is 10.0. The number of pyridine rings is 1. The fraction of sp³-hybridized carbons (Fsp3) is 0.250. The average molecular weight is 350 g/mol. The van der Waals surface area contributed by atoms with E-state index in [0.29, 0.717) is 18.7 Å². The van der Waals surface area contributed by atoms with Crippen LogP contribution >= 0.6 is 0 Å². The first-order chi connectivity index (χ1) is 12.7. The van der Waals surface area contributed by atoms with Crippen LogP contribution in [0.3, 0.4) is 0 Å². The van der Waals surface area contributed by atoms with Crippen molar-refractivity contribution in [1.29, 1.82) is 0 Å². The molecule has 0 saturated carbocycles. The molecule has 0 bridgehead atoms. The molecule has 1 aromatic carbocycles. The number of carbonyl (C=O) groups is 1. The van der Waals surface area contributed by atoms with Crippen LogP contribution in [0.15, 0.2) is 61.2 Å². The molecule has 1 atom stereocenters. The van der Waals surface area contributed by atoms with E-state index in [1.165, 1.54) is 24.3 Å². The summed E-state index contributed by atoms with van der Waals surface area (Å²) in [7, 11) is 0. The number of imidazole rings is 1. The van der Waals surface area contributed by atoms with Gasteiger partial charge in [0.1, 0.15) is 11.5 Å². The Morgan fingerprint density at radius 2 is 1.92 bits per heavy atom. The van der Waals surface area contributed by atoms with Crippen molar-refractivity contribution in [3.63, 3.8) is 0 Å². The molecule has 3 heterocycles. The van der Waals surface area contributed by atoms with Gasteiger partial charge in [0, 0.05) is 31.0 Å². The maximum absolute atomic E-state index is 13.1. The van der Waals surface area contributed by atoms with Gasteiger partial charge in [-0.15, -0.1) is 0 Å². The molecule has 4 rings (SSSR count). The van der Waals surface area contributed by atoms with Crippen molar-refractivity contribution < 1.29 is 9.18 Å². The fourth-order valence-electron chi connectivity index (χ4n) is 3.34. The first kappa shape index (κ1) is 16.4. The molecular weight excluding hydrogens is 331 g/mol. The SMILES string of the molecule is O=C(c1ccc(F)cc1)N1CCC[C@H](n2cnc(-c3ccccn3)c2)C1. The molecule has 3 aromatic rings. The predicted octanol–water partition coefficient (Wildman–Crippen LogP) is 3.56. The number of nitrogens with zero attached hydrogens (tertiary/aromatic N) is 4. The highest BCUT2D eigenvalue weighted by Gasteiger charge is 2.25. The number of carbonyl (C=O) groups excluding carboxylic acids is 1. The van der Waals surface area contributed by atoms with Crippen LogP contribution < -0.4 is 0 Å². The molecule has 6 heteroatoms. The fourth-order valence-corrected chi connectivity index (χ4v) is 3.34. The lowest BCUT2D eigenvalue weighted by molar-refractivity contribution is 0.0679. The van der Waals surface area contributed by atoms with Gasteiger partial charge in [-0.25, -0.2) is 9.37 Å². The van der Waals surface area contributed by atoms with E-state index >= 15 is 0 Å². The maximum Gasteiger partial charge on any atom is 0.253 e. The van der Waals surface area contributed by atoms with Crippen LogP contribution in [-0.2, 0) is 0 Å². The Balaban J connectivity index is 1.49. The Morgan fingerprint density at radius 1 is 1.08 bits per heavy atom. The Morgan fingerprint density at radius 3 is 2.69 bits per heavy atom. The van der Waals surface area contributed by atoms with E-state index in [1.54, 1.807) is 12.5 Å². The molecule has 0 spiro atoms. The highest BCUT2D eigenvalue weighted by atomic mass is 19.1. The molecule has 5 nitrogen and oxygen atoms in total. The molecule has 26 heavy (non-hydrogen) atoms.